The van der Waals surface area contributed by atoms with Crippen LogP contribution in [-0.2, 0) is 16.6 Å². The van der Waals surface area contributed by atoms with E-state index in [0.717, 1.165) is 49.2 Å². The molecule has 0 spiro atoms. The third-order valence-electron chi connectivity index (χ3n) is 5.54. The van der Waals surface area contributed by atoms with Crippen molar-refractivity contribution in [1.29, 1.82) is 0 Å². The monoisotopic (exact) mass is 481 g/mol. The lowest BCUT2D eigenvalue weighted by Crippen LogP contribution is -2.24. The molecule has 0 amide bonds. The molecule has 2 heterocycles. The van der Waals surface area contributed by atoms with Crippen LogP contribution in [0.1, 0.15) is 45.2 Å². The second kappa shape index (κ2) is 11.6. The van der Waals surface area contributed by atoms with Gasteiger partial charge in [-0.1, -0.05) is 26.0 Å². The predicted octanol–water partition coefficient (Wildman–Crippen LogP) is 3.19. The number of primary sulfonamides is 1. The molecule has 0 saturated heterocycles. The van der Waals surface area contributed by atoms with E-state index in [1.54, 1.807) is 12.1 Å². The van der Waals surface area contributed by atoms with E-state index in [9.17, 15) is 8.42 Å². The largest absolute Gasteiger partial charge is 0.364 e. The van der Waals surface area contributed by atoms with Crippen molar-refractivity contribution in [2.24, 2.45) is 5.14 Å². The van der Waals surface area contributed by atoms with Gasteiger partial charge in [0.1, 0.15) is 11.8 Å². The Labute approximate surface area is 195 Å². The second-order valence-electron chi connectivity index (χ2n) is 7.61. The molecule has 2 aromatic heterocycles. The van der Waals surface area contributed by atoms with Crippen LogP contribution in [0, 0.1) is 0 Å². The van der Waals surface area contributed by atoms with Gasteiger partial charge in [-0.2, -0.15) is 0 Å². The van der Waals surface area contributed by atoms with Crippen LogP contribution < -0.4 is 10.5 Å². The molecule has 0 saturated carbocycles. The van der Waals surface area contributed by atoms with Gasteiger partial charge in [-0.25, -0.2) is 28.5 Å². The lowest BCUT2D eigenvalue weighted by atomic mass is 10.1. The Hall–Kier alpha value is -2.27. The van der Waals surface area contributed by atoms with Crippen molar-refractivity contribution in [2.45, 2.75) is 51.1 Å². The number of nitrogens with two attached hydrogens (primary N) is 1. The number of anilines is 1. The number of aromatic nitrogens is 4. The lowest BCUT2D eigenvalue weighted by Gasteiger charge is -2.20. The van der Waals surface area contributed by atoms with Crippen LogP contribution in [0.3, 0.4) is 0 Å². The summed E-state index contributed by atoms with van der Waals surface area (Å²) in [6, 6.07) is 6.73. The summed E-state index contributed by atoms with van der Waals surface area (Å²) in [6.07, 6.45) is 5.53. The molecule has 1 atom stereocenters. The van der Waals surface area contributed by atoms with Gasteiger partial charge < -0.3 is 14.8 Å². The Balaban J connectivity index is 0.00000363. The Morgan fingerprint density at radius 1 is 1.12 bits per heavy atom. The molecule has 9 nitrogen and oxygen atoms in total. The Morgan fingerprint density at radius 3 is 2.44 bits per heavy atom. The van der Waals surface area contributed by atoms with E-state index in [-0.39, 0.29) is 23.3 Å². The number of rotatable bonds is 11. The highest BCUT2D eigenvalue weighted by Gasteiger charge is 2.14. The van der Waals surface area contributed by atoms with Gasteiger partial charge >= 0.3 is 0 Å². The summed E-state index contributed by atoms with van der Waals surface area (Å²) in [7, 11) is -3.69. The summed E-state index contributed by atoms with van der Waals surface area (Å²) in [6.45, 7) is 10.3. The van der Waals surface area contributed by atoms with Crippen molar-refractivity contribution in [3.8, 4) is 0 Å². The first-order chi connectivity index (χ1) is 14.8. The molecule has 0 bridgehead atoms. The van der Waals surface area contributed by atoms with Gasteiger partial charge in [-0.3, -0.25) is 0 Å². The first-order valence-electron chi connectivity index (χ1n) is 10.6. The zero-order valence-corrected chi connectivity index (χ0v) is 20.4. The number of halogens is 1. The SMILES string of the molecule is CCN(CC)CCCC(C)n1cnc2c(NCc3ccc(S(N)(=O)=O)cc3)ncnc21.Cl. The molecule has 0 aliphatic carbocycles. The van der Waals surface area contributed by atoms with Crippen LogP contribution in [0.25, 0.3) is 11.2 Å². The minimum Gasteiger partial charge on any atom is -0.364 e. The Bertz CT molecular complexity index is 1100. The molecule has 3 aromatic rings. The molecular formula is C21H32ClN7O2S. The van der Waals surface area contributed by atoms with Crippen LogP contribution in [0.15, 0.2) is 41.8 Å². The average Bonchev–Trinajstić information content (AvgIpc) is 3.20. The number of hydrogen-bond acceptors (Lipinski definition) is 7. The summed E-state index contributed by atoms with van der Waals surface area (Å²) in [5.41, 5.74) is 2.43. The molecule has 1 aromatic carbocycles. The van der Waals surface area contributed by atoms with Crippen molar-refractivity contribution in [3.63, 3.8) is 0 Å². The zero-order valence-electron chi connectivity index (χ0n) is 18.7. The first kappa shape index (κ1) is 26.0. The number of nitrogens with zero attached hydrogens (tertiary/aromatic N) is 5. The van der Waals surface area contributed by atoms with E-state index in [1.807, 2.05) is 6.33 Å². The van der Waals surface area contributed by atoms with Crippen LogP contribution in [0.4, 0.5) is 5.82 Å². The van der Waals surface area contributed by atoms with Crippen molar-refractivity contribution < 1.29 is 8.42 Å². The average molecular weight is 482 g/mol. The summed E-state index contributed by atoms with van der Waals surface area (Å²) in [5, 5.41) is 8.42. The van der Waals surface area contributed by atoms with Crippen LogP contribution in [0.5, 0.6) is 0 Å². The van der Waals surface area contributed by atoms with Gasteiger partial charge in [0.2, 0.25) is 10.0 Å². The van der Waals surface area contributed by atoms with E-state index in [4.69, 9.17) is 5.14 Å². The maximum absolute atomic E-state index is 11.4. The number of imidazole rings is 1. The van der Waals surface area contributed by atoms with Gasteiger partial charge in [0, 0.05) is 12.6 Å². The van der Waals surface area contributed by atoms with Gasteiger partial charge in [0.15, 0.2) is 11.5 Å². The van der Waals surface area contributed by atoms with Crippen LogP contribution in [-0.4, -0.2) is 52.5 Å². The molecular weight excluding hydrogens is 450 g/mol. The van der Waals surface area contributed by atoms with E-state index in [1.165, 1.54) is 18.5 Å². The highest BCUT2D eigenvalue weighted by Crippen LogP contribution is 2.23. The molecule has 0 radical (unpaired) electrons. The van der Waals surface area contributed by atoms with Crippen LogP contribution in [0.2, 0.25) is 0 Å². The smallest absolute Gasteiger partial charge is 0.238 e. The summed E-state index contributed by atoms with van der Waals surface area (Å²) in [4.78, 5) is 15.9. The molecule has 176 valence electrons. The summed E-state index contributed by atoms with van der Waals surface area (Å²) in [5.74, 6) is 0.648. The normalized spacial score (nSPS) is 12.7. The molecule has 1 unspecified atom stereocenters. The molecule has 0 aliphatic heterocycles. The van der Waals surface area contributed by atoms with E-state index in [2.05, 4.69) is 50.5 Å². The number of sulfonamides is 1. The van der Waals surface area contributed by atoms with Crippen molar-refractivity contribution in [2.75, 3.05) is 25.0 Å². The fourth-order valence-corrected chi connectivity index (χ4v) is 4.09. The fourth-order valence-electron chi connectivity index (χ4n) is 3.58. The van der Waals surface area contributed by atoms with E-state index < -0.39 is 10.0 Å². The molecule has 3 rings (SSSR count). The van der Waals surface area contributed by atoms with E-state index >= 15 is 0 Å². The minimum absolute atomic E-state index is 0. The van der Waals surface area contributed by atoms with Crippen molar-refractivity contribution in [3.05, 3.63) is 42.5 Å². The molecule has 3 N–H and O–H groups in total. The maximum Gasteiger partial charge on any atom is 0.238 e. The number of hydrogen-bond donors (Lipinski definition) is 2. The molecule has 11 heteroatoms. The lowest BCUT2D eigenvalue weighted by molar-refractivity contribution is 0.288. The highest BCUT2D eigenvalue weighted by atomic mass is 35.5. The number of benzene rings is 1. The minimum atomic E-state index is -3.69. The fraction of sp³-hybridized carbons (Fsp3) is 0.476. The number of nitrogens with one attached hydrogen (secondary N) is 1. The zero-order chi connectivity index (χ0) is 22.4. The third kappa shape index (κ3) is 6.38. The third-order valence-corrected chi connectivity index (χ3v) is 6.47. The van der Waals surface area contributed by atoms with Crippen molar-refractivity contribution >= 4 is 39.4 Å². The predicted molar refractivity (Wildman–Crippen MR) is 129 cm³/mol. The van der Waals surface area contributed by atoms with Gasteiger partial charge in [-0.15, -0.1) is 12.4 Å². The molecule has 0 fully saturated rings. The highest BCUT2D eigenvalue weighted by molar-refractivity contribution is 7.89. The summed E-state index contributed by atoms with van der Waals surface area (Å²) >= 11 is 0. The van der Waals surface area contributed by atoms with Crippen molar-refractivity contribution in [1.82, 2.24) is 24.4 Å². The van der Waals surface area contributed by atoms with Gasteiger partial charge in [0.05, 0.1) is 11.2 Å². The summed E-state index contributed by atoms with van der Waals surface area (Å²) < 4.78 is 24.9. The Morgan fingerprint density at radius 2 is 1.81 bits per heavy atom. The van der Waals surface area contributed by atoms with Gasteiger partial charge in [0.25, 0.3) is 0 Å². The second-order valence-corrected chi connectivity index (χ2v) is 9.17. The van der Waals surface area contributed by atoms with Crippen LogP contribution >= 0.6 is 12.4 Å². The standard InChI is InChI=1S/C21H31N7O2S.ClH/c1-4-27(5-2)12-6-7-16(3)28-15-26-19-20(24-14-25-21(19)28)23-13-17-8-10-18(11-9-17)31(22,29)30;/h8-11,14-16H,4-7,12-13H2,1-3H3,(H2,22,29,30)(H,23,24,25);1H. The molecule has 32 heavy (non-hydrogen) atoms. The first-order valence-corrected chi connectivity index (χ1v) is 12.1. The van der Waals surface area contributed by atoms with E-state index in [0.29, 0.717) is 12.4 Å². The molecule has 0 aliphatic rings. The Kier molecular flexibility index (Phi) is 9.38. The number of fused-ring (bicyclic) bond motifs is 1. The maximum atomic E-state index is 11.4. The quantitative estimate of drug-likeness (QED) is 0.431. The van der Waals surface area contributed by atoms with Gasteiger partial charge in [-0.05, 0) is 57.1 Å². The topological polar surface area (TPSA) is 119 Å².